The molecular weight excluding hydrogens is 304 g/mol. The molecule has 0 atom stereocenters. The largest absolute Gasteiger partial charge is 0.323 e. The van der Waals surface area contributed by atoms with Gasteiger partial charge in [0.25, 0.3) is 0 Å². The maximum atomic E-state index is 12.1. The van der Waals surface area contributed by atoms with Gasteiger partial charge in [0.2, 0.25) is 5.82 Å². The number of H-pyrrole nitrogens is 1. The highest BCUT2D eigenvalue weighted by molar-refractivity contribution is 6.33. The zero-order valence-corrected chi connectivity index (χ0v) is 12.0. The van der Waals surface area contributed by atoms with Crippen molar-refractivity contribution in [2.45, 2.75) is 0 Å². The molecule has 8 heteroatoms. The summed E-state index contributed by atoms with van der Waals surface area (Å²) >= 11 is 6.01. The number of hydrogen-bond acceptors (Lipinski definition) is 4. The van der Waals surface area contributed by atoms with Crippen molar-refractivity contribution in [1.82, 2.24) is 20.6 Å². The number of rotatable bonds is 3. The molecule has 1 aromatic heterocycles. The van der Waals surface area contributed by atoms with Crippen molar-refractivity contribution >= 4 is 29.0 Å². The fourth-order valence-electron chi connectivity index (χ4n) is 1.90. The van der Waals surface area contributed by atoms with E-state index in [1.807, 2.05) is 6.07 Å². The summed E-state index contributed by atoms with van der Waals surface area (Å²) in [4.78, 5) is 12.1. The molecule has 0 radical (unpaired) electrons. The number of benzene rings is 2. The molecule has 0 spiro atoms. The number of amides is 2. The molecule has 110 valence electrons. The molecule has 7 nitrogen and oxygen atoms in total. The fraction of sp³-hybridized carbons (Fsp3) is 0. The Labute approximate surface area is 130 Å². The summed E-state index contributed by atoms with van der Waals surface area (Å²) in [6.07, 6.45) is 0. The van der Waals surface area contributed by atoms with E-state index < -0.39 is 6.03 Å². The van der Waals surface area contributed by atoms with Crippen molar-refractivity contribution in [2.75, 3.05) is 10.6 Å². The summed E-state index contributed by atoms with van der Waals surface area (Å²) in [6.45, 7) is 0. The van der Waals surface area contributed by atoms with Gasteiger partial charge in [0.15, 0.2) is 0 Å². The molecule has 0 saturated heterocycles. The molecule has 0 unspecified atom stereocenters. The number of tetrazole rings is 1. The minimum atomic E-state index is -0.413. The monoisotopic (exact) mass is 314 g/mol. The summed E-state index contributed by atoms with van der Waals surface area (Å²) in [5.74, 6) is 0.397. The van der Waals surface area contributed by atoms with Crippen molar-refractivity contribution < 1.29 is 4.79 Å². The van der Waals surface area contributed by atoms with E-state index in [0.717, 1.165) is 0 Å². The second kappa shape index (κ2) is 6.23. The van der Waals surface area contributed by atoms with Crippen molar-refractivity contribution in [3.8, 4) is 11.4 Å². The maximum Gasteiger partial charge on any atom is 0.323 e. The van der Waals surface area contributed by atoms with Gasteiger partial charge in [0.05, 0.1) is 16.4 Å². The smallest absolute Gasteiger partial charge is 0.307 e. The van der Waals surface area contributed by atoms with Crippen molar-refractivity contribution in [3.63, 3.8) is 0 Å². The van der Waals surface area contributed by atoms with Crippen LogP contribution in [0.15, 0.2) is 48.5 Å². The summed E-state index contributed by atoms with van der Waals surface area (Å²) < 4.78 is 0. The van der Waals surface area contributed by atoms with E-state index in [-0.39, 0.29) is 0 Å². The van der Waals surface area contributed by atoms with E-state index in [2.05, 4.69) is 31.3 Å². The molecule has 0 aliphatic rings. The lowest BCUT2D eigenvalue weighted by molar-refractivity contribution is 0.262. The number of anilines is 2. The minimum Gasteiger partial charge on any atom is -0.307 e. The Morgan fingerprint density at radius 2 is 1.68 bits per heavy atom. The Balaban J connectivity index is 1.79. The fourth-order valence-corrected chi connectivity index (χ4v) is 2.08. The second-order valence-corrected chi connectivity index (χ2v) is 4.75. The van der Waals surface area contributed by atoms with Crippen LogP contribution in [-0.2, 0) is 0 Å². The molecule has 0 aliphatic carbocycles. The third kappa shape index (κ3) is 3.04. The van der Waals surface area contributed by atoms with Crippen molar-refractivity contribution in [3.05, 3.63) is 53.6 Å². The van der Waals surface area contributed by atoms with Gasteiger partial charge in [-0.1, -0.05) is 35.9 Å². The van der Waals surface area contributed by atoms with Crippen LogP contribution >= 0.6 is 11.6 Å². The molecule has 2 amide bonds. The lowest BCUT2D eigenvalue weighted by atomic mass is 10.1. The first kappa shape index (κ1) is 14.0. The molecule has 0 fully saturated rings. The molecule has 22 heavy (non-hydrogen) atoms. The van der Waals surface area contributed by atoms with E-state index in [1.165, 1.54) is 0 Å². The van der Waals surface area contributed by atoms with E-state index in [9.17, 15) is 4.79 Å². The number of nitrogens with one attached hydrogen (secondary N) is 3. The summed E-state index contributed by atoms with van der Waals surface area (Å²) in [6, 6.07) is 13.7. The predicted octanol–water partition coefficient (Wildman–Crippen LogP) is 3.16. The second-order valence-electron chi connectivity index (χ2n) is 4.34. The standard InChI is InChI=1S/C14H11ClN6O/c15-10-6-2-4-8-12(10)17-14(22)16-11-7-3-1-5-9(11)13-18-20-21-19-13/h1-8H,(H2,16,17,22)(H,18,19,20,21). The van der Waals surface area contributed by atoms with Gasteiger partial charge < -0.3 is 10.6 Å². The Hall–Kier alpha value is -2.93. The first-order chi connectivity index (χ1) is 10.7. The van der Waals surface area contributed by atoms with Crippen LogP contribution in [0.1, 0.15) is 0 Å². The van der Waals surface area contributed by atoms with Gasteiger partial charge in [-0.15, -0.1) is 10.2 Å². The number of aromatic amines is 1. The number of urea groups is 1. The van der Waals surface area contributed by atoms with Gasteiger partial charge >= 0.3 is 6.03 Å². The van der Waals surface area contributed by atoms with Crippen LogP contribution in [0.2, 0.25) is 5.02 Å². The minimum absolute atomic E-state index is 0.397. The molecule has 1 heterocycles. The summed E-state index contributed by atoms with van der Waals surface area (Å²) in [5, 5.41) is 19.6. The summed E-state index contributed by atoms with van der Waals surface area (Å²) in [7, 11) is 0. The normalized spacial score (nSPS) is 10.2. The van der Waals surface area contributed by atoms with Crippen molar-refractivity contribution in [2.24, 2.45) is 0 Å². The Bertz CT molecular complexity index is 790. The number of carbonyl (C=O) groups is 1. The molecule has 2 aromatic carbocycles. The Morgan fingerprint density at radius 1 is 1.00 bits per heavy atom. The average Bonchev–Trinajstić information content (AvgIpc) is 3.04. The predicted molar refractivity (Wildman–Crippen MR) is 83.7 cm³/mol. The summed E-state index contributed by atoms with van der Waals surface area (Å²) in [5.41, 5.74) is 1.75. The SMILES string of the molecule is O=C(Nc1ccccc1Cl)Nc1ccccc1-c1nn[nH]n1. The third-order valence-electron chi connectivity index (χ3n) is 2.88. The van der Waals surface area contributed by atoms with Crippen LogP contribution in [0.3, 0.4) is 0 Å². The van der Waals surface area contributed by atoms with Gasteiger partial charge in [-0.2, -0.15) is 5.21 Å². The van der Waals surface area contributed by atoms with Crippen molar-refractivity contribution in [1.29, 1.82) is 0 Å². The lowest BCUT2D eigenvalue weighted by Crippen LogP contribution is -2.20. The van der Waals surface area contributed by atoms with Crippen LogP contribution in [0, 0.1) is 0 Å². The first-order valence-corrected chi connectivity index (χ1v) is 6.77. The van der Waals surface area contributed by atoms with Crippen LogP contribution in [0.4, 0.5) is 16.2 Å². The van der Waals surface area contributed by atoms with Gasteiger partial charge in [-0.25, -0.2) is 4.79 Å². The maximum absolute atomic E-state index is 12.1. The van der Waals surface area contributed by atoms with Gasteiger partial charge in [-0.3, -0.25) is 0 Å². The molecular formula is C14H11ClN6O. The number of hydrogen-bond donors (Lipinski definition) is 3. The van der Waals surface area contributed by atoms with E-state index >= 15 is 0 Å². The van der Waals surface area contributed by atoms with Crippen LogP contribution in [0.5, 0.6) is 0 Å². The number of carbonyl (C=O) groups excluding carboxylic acids is 1. The molecule has 0 aliphatic heterocycles. The molecule has 3 rings (SSSR count). The molecule has 0 bridgehead atoms. The molecule has 0 saturated carbocycles. The number of para-hydroxylation sites is 2. The van der Waals surface area contributed by atoms with Crippen LogP contribution in [-0.4, -0.2) is 26.7 Å². The number of halogens is 1. The van der Waals surface area contributed by atoms with E-state index in [1.54, 1.807) is 42.5 Å². The highest BCUT2D eigenvalue weighted by atomic mass is 35.5. The number of aromatic nitrogens is 4. The quantitative estimate of drug-likeness (QED) is 0.692. The average molecular weight is 315 g/mol. The van der Waals surface area contributed by atoms with Gasteiger partial charge in [-0.05, 0) is 29.5 Å². The zero-order valence-electron chi connectivity index (χ0n) is 11.2. The lowest BCUT2D eigenvalue weighted by Gasteiger charge is -2.10. The first-order valence-electron chi connectivity index (χ1n) is 6.39. The Kier molecular flexibility index (Phi) is 3.97. The highest BCUT2D eigenvalue weighted by Gasteiger charge is 2.12. The zero-order chi connectivity index (χ0) is 15.4. The highest BCUT2D eigenvalue weighted by Crippen LogP contribution is 2.25. The molecule has 3 aromatic rings. The van der Waals surface area contributed by atoms with E-state index in [4.69, 9.17) is 11.6 Å². The van der Waals surface area contributed by atoms with E-state index in [0.29, 0.717) is 27.8 Å². The van der Waals surface area contributed by atoms with Crippen LogP contribution < -0.4 is 10.6 Å². The van der Waals surface area contributed by atoms with Gasteiger partial charge in [0.1, 0.15) is 0 Å². The topological polar surface area (TPSA) is 95.6 Å². The number of nitrogens with zero attached hydrogens (tertiary/aromatic N) is 3. The molecule has 3 N–H and O–H groups in total. The van der Waals surface area contributed by atoms with Gasteiger partial charge in [0, 0.05) is 5.56 Å². The Morgan fingerprint density at radius 3 is 2.41 bits per heavy atom. The van der Waals surface area contributed by atoms with Crippen LogP contribution in [0.25, 0.3) is 11.4 Å². The third-order valence-corrected chi connectivity index (χ3v) is 3.21.